The molecule has 0 amide bonds. The Hall–Kier alpha value is -2.04. The number of nitrogens with two attached hydrogens (primary N) is 1. The Balaban J connectivity index is 2.47. The number of carbonyl (C=O) groups is 1. The first-order valence-corrected chi connectivity index (χ1v) is 6.35. The van der Waals surface area contributed by atoms with Crippen LogP contribution in [0.4, 0.5) is 5.69 Å². The molecule has 0 saturated heterocycles. The highest BCUT2D eigenvalue weighted by Gasteiger charge is 2.22. The number of aryl methyl sites for hydroxylation is 1. The highest BCUT2D eigenvalue weighted by Crippen LogP contribution is 2.25. The maximum Gasteiger partial charge on any atom is 0.329 e. The molecule has 2 rings (SSSR count). The fourth-order valence-corrected chi connectivity index (χ4v) is 2.18. The van der Waals surface area contributed by atoms with Gasteiger partial charge in [-0.3, -0.25) is 0 Å². The Labute approximate surface area is 112 Å². The zero-order chi connectivity index (χ0) is 14.2. The van der Waals surface area contributed by atoms with Crippen molar-refractivity contribution < 1.29 is 9.53 Å². The van der Waals surface area contributed by atoms with Gasteiger partial charge in [-0.2, -0.15) is 0 Å². The number of ether oxygens (including phenoxy) is 1. The molecule has 5 heteroatoms. The van der Waals surface area contributed by atoms with E-state index in [2.05, 4.69) is 4.98 Å². The second-order valence-electron chi connectivity index (χ2n) is 4.91. The largest absolute Gasteiger partial charge is 0.461 e. The predicted octanol–water partition coefficient (Wildman–Crippen LogP) is 2.44. The Bertz CT molecular complexity index is 616. The fraction of sp³-hybridized carbons (Fsp3) is 0.429. The zero-order valence-corrected chi connectivity index (χ0v) is 11.7. The molecule has 0 aliphatic heterocycles. The van der Waals surface area contributed by atoms with Crippen LogP contribution < -0.4 is 5.73 Å². The molecule has 2 aromatic rings. The molecular formula is C14H19N3O2. The van der Waals surface area contributed by atoms with E-state index in [4.69, 9.17) is 10.5 Å². The van der Waals surface area contributed by atoms with Gasteiger partial charge in [0.15, 0.2) is 0 Å². The molecular weight excluding hydrogens is 242 g/mol. The normalized spacial score (nSPS) is 12.9. The molecule has 2 N–H and O–H groups in total. The van der Waals surface area contributed by atoms with Gasteiger partial charge in [-0.15, -0.1) is 0 Å². The molecule has 0 fully saturated rings. The zero-order valence-electron chi connectivity index (χ0n) is 11.7. The summed E-state index contributed by atoms with van der Waals surface area (Å²) in [5.74, 6) is 0.487. The van der Waals surface area contributed by atoms with E-state index in [1.54, 1.807) is 6.07 Å². The highest BCUT2D eigenvalue weighted by atomic mass is 16.5. The minimum absolute atomic E-state index is 0.130. The van der Waals surface area contributed by atoms with E-state index >= 15 is 0 Å². The van der Waals surface area contributed by atoms with E-state index in [1.807, 2.05) is 44.4 Å². The molecule has 0 bridgehead atoms. The van der Waals surface area contributed by atoms with Gasteiger partial charge in [0, 0.05) is 0 Å². The molecule has 0 aliphatic rings. The molecule has 1 aromatic heterocycles. The van der Waals surface area contributed by atoms with Crippen LogP contribution in [0.25, 0.3) is 11.0 Å². The molecule has 1 heterocycles. The first-order chi connectivity index (χ1) is 8.91. The van der Waals surface area contributed by atoms with E-state index in [0.717, 1.165) is 16.9 Å². The van der Waals surface area contributed by atoms with E-state index in [0.29, 0.717) is 5.69 Å². The van der Waals surface area contributed by atoms with Crippen LogP contribution in [0, 0.1) is 6.92 Å². The van der Waals surface area contributed by atoms with Crippen LogP contribution >= 0.6 is 0 Å². The third kappa shape index (κ3) is 2.41. The van der Waals surface area contributed by atoms with Crippen molar-refractivity contribution in [2.75, 3.05) is 5.73 Å². The van der Waals surface area contributed by atoms with Gasteiger partial charge < -0.3 is 15.0 Å². The fourth-order valence-electron chi connectivity index (χ4n) is 2.18. The molecule has 1 aromatic carbocycles. The Morgan fingerprint density at radius 3 is 2.68 bits per heavy atom. The molecule has 0 spiro atoms. The molecule has 0 radical (unpaired) electrons. The van der Waals surface area contributed by atoms with Gasteiger partial charge in [0.1, 0.15) is 17.4 Å². The van der Waals surface area contributed by atoms with Crippen molar-refractivity contribution in [2.45, 2.75) is 39.8 Å². The highest BCUT2D eigenvalue weighted by molar-refractivity contribution is 5.89. The first kappa shape index (κ1) is 13.4. The van der Waals surface area contributed by atoms with Crippen molar-refractivity contribution in [1.29, 1.82) is 0 Å². The lowest BCUT2D eigenvalue weighted by Crippen LogP contribution is -2.22. The average Bonchev–Trinajstić information content (AvgIpc) is 2.65. The summed E-state index contributed by atoms with van der Waals surface area (Å²) in [6.45, 7) is 7.34. The predicted molar refractivity (Wildman–Crippen MR) is 74.8 cm³/mol. The van der Waals surface area contributed by atoms with Crippen molar-refractivity contribution >= 4 is 22.7 Å². The van der Waals surface area contributed by atoms with Crippen molar-refractivity contribution in [2.24, 2.45) is 0 Å². The van der Waals surface area contributed by atoms with Gasteiger partial charge in [0.25, 0.3) is 0 Å². The third-order valence-electron chi connectivity index (χ3n) is 3.01. The maximum absolute atomic E-state index is 12.0. The number of imidazole rings is 1. The minimum atomic E-state index is -0.422. The Morgan fingerprint density at radius 1 is 1.37 bits per heavy atom. The van der Waals surface area contributed by atoms with Crippen LogP contribution in [0.15, 0.2) is 18.2 Å². The topological polar surface area (TPSA) is 70.1 Å². The summed E-state index contributed by atoms with van der Waals surface area (Å²) >= 11 is 0. The van der Waals surface area contributed by atoms with Crippen molar-refractivity contribution in [3.8, 4) is 0 Å². The smallest absolute Gasteiger partial charge is 0.329 e. The van der Waals surface area contributed by atoms with Crippen molar-refractivity contribution in [3.05, 3.63) is 24.0 Å². The standard InChI is InChI=1S/C14H19N3O2/c1-8(2)19-14(18)9(3)17-10(4)16-13-11(15)6-5-7-12(13)17/h5-9H,15H2,1-4H3. The van der Waals surface area contributed by atoms with Gasteiger partial charge in [-0.1, -0.05) is 6.07 Å². The number of para-hydroxylation sites is 1. The van der Waals surface area contributed by atoms with E-state index in [-0.39, 0.29) is 12.1 Å². The SMILES string of the molecule is Cc1nc2c(N)cccc2n1C(C)C(=O)OC(C)C. The number of aromatic nitrogens is 2. The molecule has 1 unspecified atom stereocenters. The van der Waals surface area contributed by atoms with Crippen LogP contribution in [0.5, 0.6) is 0 Å². The number of benzene rings is 1. The maximum atomic E-state index is 12.0. The summed E-state index contributed by atoms with van der Waals surface area (Å²) in [5.41, 5.74) is 8.10. The van der Waals surface area contributed by atoms with Gasteiger partial charge in [-0.05, 0) is 39.8 Å². The van der Waals surface area contributed by atoms with Crippen LogP contribution in [0.3, 0.4) is 0 Å². The number of esters is 1. The lowest BCUT2D eigenvalue weighted by atomic mass is 10.2. The van der Waals surface area contributed by atoms with Gasteiger partial charge in [0.05, 0.1) is 17.3 Å². The second kappa shape index (κ2) is 4.91. The minimum Gasteiger partial charge on any atom is -0.461 e. The van der Waals surface area contributed by atoms with Gasteiger partial charge in [0.2, 0.25) is 0 Å². The van der Waals surface area contributed by atoms with E-state index in [9.17, 15) is 4.79 Å². The van der Waals surface area contributed by atoms with E-state index in [1.165, 1.54) is 0 Å². The lowest BCUT2D eigenvalue weighted by molar-refractivity contribution is -0.150. The van der Waals surface area contributed by atoms with E-state index < -0.39 is 6.04 Å². The number of rotatable bonds is 3. The molecule has 19 heavy (non-hydrogen) atoms. The summed E-state index contributed by atoms with van der Waals surface area (Å²) in [4.78, 5) is 16.5. The van der Waals surface area contributed by atoms with Crippen LogP contribution in [-0.4, -0.2) is 21.6 Å². The van der Waals surface area contributed by atoms with Gasteiger partial charge >= 0.3 is 5.97 Å². The summed E-state index contributed by atoms with van der Waals surface area (Å²) in [6, 6.07) is 5.14. The van der Waals surface area contributed by atoms with Crippen molar-refractivity contribution in [1.82, 2.24) is 9.55 Å². The van der Waals surface area contributed by atoms with Gasteiger partial charge in [-0.25, -0.2) is 9.78 Å². The molecule has 0 saturated carbocycles. The van der Waals surface area contributed by atoms with Crippen LogP contribution in [0.2, 0.25) is 0 Å². The first-order valence-electron chi connectivity index (χ1n) is 6.35. The number of nitrogens with zero attached hydrogens (tertiary/aromatic N) is 2. The number of carbonyl (C=O) groups excluding carboxylic acids is 1. The quantitative estimate of drug-likeness (QED) is 0.680. The third-order valence-corrected chi connectivity index (χ3v) is 3.01. The molecule has 5 nitrogen and oxygen atoms in total. The number of nitrogen functional groups attached to an aromatic ring is 1. The molecule has 0 aliphatic carbocycles. The molecule has 102 valence electrons. The summed E-state index contributed by atoms with van der Waals surface area (Å²) in [5, 5.41) is 0. The Kier molecular flexibility index (Phi) is 3.46. The lowest BCUT2D eigenvalue weighted by Gasteiger charge is -2.17. The Morgan fingerprint density at radius 2 is 2.05 bits per heavy atom. The number of fused-ring (bicyclic) bond motifs is 1. The number of hydrogen-bond donors (Lipinski definition) is 1. The summed E-state index contributed by atoms with van der Waals surface area (Å²) < 4.78 is 7.11. The monoisotopic (exact) mass is 261 g/mol. The van der Waals surface area contributed by atoms with Crippen molar-refractivity contribution in [3.63, 3.8) is 0 Å². The number of anilines is 1. The average molecular weight is 261 g/mol. The van der Waals surface area contributed by atoms with Crippen LogP contribution in [0.1, 0.15) is 32.6 Å². The number of hydrogen-bond acceptors (Lipinski definition) is 4. The molecule has 1 atom stereocenters. The summed E-state index contributed by atoms with van der Waals surface area (Å²) in [7, 11) is 0. The second-order valence-corrected chi connectivity index (χ2v) is 4.91. The summed E-state index contributed by atoms with van der Waals surface area (Å²) in [6.07, 6.45) is -0.130. The van der Waals surface area contributed by atoms with Crippen LogP contribution in [-0.2, 0) is 9.53 Å².